The van der Waals surface area contributed by atoms with Gasteiger partial charge >= 0.3 is 0 Å². The molecule has 0 radical (unpaired) electrons. The second-order valence-electron chi connectivity index (χ2n) is 7.47. The van der Waals surface area contributed by atoms with Crippen LogP contribution in [0.1, 0.15) is 99.8 Å². The number of unbranched alkanes of at least 4 members (excludes halogenated alkanes) is 3. The van der Waals surface area contributed by atoms with Gasteiger partial charge in [-0.2, -0.15) is 0 Å². The maximum absolute atomic E-state index is 5.60. The minimum Gasteiger partial charge on any atom is -0.386 e. The Bertz CT molecular complexity index is 419. The molecule has 32 heavy (non-hydrogen) atoms. The first kappa shape index (κ1) is 35.5. The van der Waals surface area contributed by atoms with Gasteiger partial charge in [0.1, 0.15) is 0 Å². The largest absolute Gasteiger partial charge is 0.386 e. The molecular formula is C28H57NO3. The summed E-state index contributed by atoms with van der Waals surface area (Å²) in [6, 6.07) is 0. The Hall–Kier alpha value is -1.10. The Morgan fingerprint density at radius 1 is 0.719 bits per heavy atom. The normalized spacial score (nSPS) is 10.5. The van der Waals surface area contributed by atoms with Gasteiger partial charge in [-0.05, 0) is 58.8 Å². The number of allylic oxidation sites excluding steroid dienone is 3. The predicted octanol–water partition coefficient (Wildman–Crippen LogP) is 7.86. The van der Waals surface area contributed by atoms with Crippen molar-refractivity contribution in [2.24, 2.45) is 0 Å². The Morgan fingerprint density at radius 2 is 1.28 bits per heavy atom. The fourth-order valence-corrected chi connectivity index (χ4v) is 2.48. The van der Waals surface area contributed by atoms with Crippen LogP contribution in [-0.4, -0.2) is 46.2 Å². The van der Waals surface area contributed by atoms with Gasteiger partial charge in [-0.25, -0.2) is 0 Å². The van der Waals surface area contributed by atoms with E-state index in [1.165, 1.54) is 24.0 Å². The summed E-state index contributed by atoms with van der Waals surface area (Å²) in [5, 5.41) is 3.34. The summed E-state index contributed by atoms with van der Waals surface area (Å²) in [5.41, 5.74) is 3.72. The number of hydrogen-bond acceptors (Lipinski definition) is 4. The maximum Gasteiger partial charge on any atom is 0.0701 e. The van der Waals surface area contributed by atoms with Gasteiger partial charge in [0.25, 0.3) is 0 Å². The Balaban J connectivity index is -0.00000198. The molecule has 0 aliphatic carbocycles. The quantitative estimate of drug-likeness (QED) is 0.141. The summed E-state index contributed by atoms with van der Waals surface area (Å²) in [7, 11) is 0. The summed E-state index contributed by atoms with van der Waals surface area (Å²) in [6.07, 6.45) is 11.1. The topological polar surface area (TPSA) is 39.7 Å². The highest BCUT2D eigenvalue weighted by Gasteiger charge is 1.97. The highest BCUT2D eigenvalue weighted by Crippen LogP contribution is 2.09. The molecule has 0 amide bonds. The first-order chi connectivity index (χ1) is 15.6. The lowest BCUT2D eigenvalue weighted by Crippen LogP contribution is -2.19. The van der Waals surface area contributed by atoms with Gasteiger partial charge in [0.15, 0.2) is 0 Å². The van der Waals surface area contributed by atoms with E-state index in [1.54, 1.807) is 0 Å². The van der Waals surface area contributed by atoms with Crippen molar-refractivity contribution in [1.29, 1.82) is 0 Å². The standard InChI is InChI=1S/C24H45NO3.2C2H6/c1-6-7-11-23(4)12-13-24(5)25-15-19-28-21-20-27-17-10-8-9-16-26-18-14-22(2)3;2*1-2/h11,25H,2,5-10,12-21H2,1,3-4H3;2*1-2H3. The molecule has 0 aromatic rings. The second kappa shape index (κ2) is 32.1. The van der Waals surface area contributed by atoms with E-state index in [1.807, 2.05) is 34.6 Å². The lowest BCUT2D eigenvalue weighted by atomic mass is 10.1. The third kappa shape index (κ3) is 33.5. The molecule has 0 spiro atoms. The zero-order valence-electron chi connectivity index (χ0n) is 22.8. The minimum absolute atomic E-state index is 0.650. The number of hydrogen-bond donors (Lipinski definition) is 1. The third-order valence-corrected chi connectivity index (χ3v) is 4.35. The van der Waals surface area contributed by atoms with Crippen LogP contribution in [0.4, 0.5) is 0 Å². The van der Waals surface area contributed by atoms with E-state index in [-0.39, 0.29) is 0 Å². The van der Waals surface area contributed by atoms with Gasteiger partial charge in [-0.15, -0.1) is 6.58 Å². The van der Waals surface area contributed by atoms with Crippen LogP contribution >= 0.6 is 0 Å². The van der Waals surface area contributed by atoms with Gasteiger partial charge in [-0.3, -0.25) is 0 Å². The Morgan fingerprint density at radius 3 is 1.84 bits per heavy atom. The van der Waals surface area contributed by atoms with Crippen molar-refractivity contribution >= 4 is 0 Å². The monoisotopic (exact) mass is 455 g/mol. The molecule has 0 aliphatic heterocycles. The Labute approximate surface area is 201 Å². The summed E-state index contributed by atoms with van der Waals surface area (Å²) in [4.78, 5) is 0. The maximum atomic E-state index is 5.60. The Kier molecular flexibility index (Phi) is 35.6. The highest BCUT2D eigenvalue weighted by molar-refractivity contribution is 5.02. The molecule has 0 fully saturated rings. The van der Waals surface area contributed by atoms with Crippen LogP contribution < -0.4 is 5.32 Å². The van der Waals surface area contributed by atoms with E-state index in [0.29, 0.717) is 19.8 Å². The van der Waals surface area contributed by atoms with Crippen LogP contribution in [0.2, 0.25) is 0 Å². The van der Waals surface area contributed by atoms with Crippen LogP contribution in [0.15, 0.2) is 36.1 Å². The summed E-state index contributed by atoms with van der Waals surface area (Å²) in [6.45, 7) is 27.6. The van der Waals surface area contributed by atoms with Crippen molar-refractivity contribution in [3.63, 3.8) is 0 Å². The molecule has 0 atom stereocenters. The number of nitrogens with one attached hydrogen (secondary N) is 1. The number of ether oxygens (including phenoxy) is 3. The van der Waals surface area contributed by atoms with Crippen LogP contribution in [0.5, 0.6) is 0 Å². The van der Waals surface area contributed by atoms with Crippen molar-refractivity contribution in [3.05, 3.63) is 36.1 Å². The molecule has 0 aromatic heterocycles. The van der Waals surface area contributed by atoms with E-state index in [4.69, 9.17) is 14.2 Å². The van der Waals surface area contributed by atoms with Crippen molar-refractivity contribution in [3.8, 4) is 0 Å². The third-order valence-electron chi connectivity index (χ3n) is 4.35. The first-order valence-electron chi connectivity index (χ1n) is 13.0. The van der Waals surface area contributed by atoms with Crippen molar-refractivity contribution in [2.75, 3.05) is 46.2 Å². The molecule has 0 heterocycles. The van der Waals surface area contributed by atoms with Crippen molar-refractivity contribution < 1.29 is 14.2 Å². The molecular weight excluding hydrogens is 398 g/mol. The van der Waals surface area contributed by atoms with E-state index in [9.17, 15) is 0 Å². The zero-order valence-corrected chi connectivity index (χ0v) is 22.8. The molecule has 0 saturated carbocycles. The van der Waals surface area contributed by atoms with Crippen LogP contribution in [-0.2, 0) is 14.2 Å². The molecule has 0 rings (SSSR count). The average molecular weight is 456 g/mol. The highest BCUT2D eigenvalue weighted by atomic mass is 16.5. The van der Waals surface area contributed by atoms with Crippen LogP contribution in [0, 0.1) is 0 Å². The molecule has 4 nitrogen and oxygen atoms in total. The fourth-order valence-electron chi connectivity index (χ4n) is 2.48. The number of rotatable bonds is 21. The van der Waals surface area contributed by atoms with Gasteiger partial charge in [0.05, 0.1) is 26.4 Å². The van der Waals surface area contributed by atoms with Gasteiger partial charge in [0.2, 0.25) is 0 Å². The summed E-state index contributed by atoms with van der Waals surface area (Å²) >= 11 is 0. The van der Waals surface area contributed by atoms with Gasteiger partial charge in [0, 0.05) is 25.5 Å². The van der Waals surface area contributed by atoms with E-state index < -0.39 is 0 Å². The SMILES string of the molecule is C=C(C)CCOCCCCCOCCOCCNC(=C)CCC(C)=CCCC.CC.CC. The van der Waals surface area contributed by atoms with Crippen molar-refractivity contribution in [2.45, 2.75) is 99.8 Å². The molecule has 0 aliphatic rings. The van der Waals surface area contributed by atoms with Crippen LogP contribution in [0.3, 0.4) is 0 Å². The van der Waals surface area contributed by atoms with Gasteiger partial charge < -0.3 is 19.5 Å². The van der Waals surface area contributed by atoms with Gasteiger partial charge in [-0.1, -0.05) is 64.8 Å². The van der Waals surface area contributed by atoms with Crippen molar-refractivity contribution in [1.82, 2.24) is 5.32 Å². The van der Waals surface area contributed by atoms with E-state index in [0.717, 1.165) is 70.6 Å². The van der Waals surface area contributed by atoms with E-state index >= 15 is 0 Å². The second-order valence-corrected chi connectivity index (χ2v) is 7.47. The molecule has 0 unspecified atom stereocenters. The molecule has 4 heteroatoms. The van der Waals surface area contributed by atoms with E-state index in [2.05, 4.69) is 38.4 Å². The predicted molar refractivity (Wildman–Crippen MR) is 143 cm³/mol. The minimum atomic E-state index is 0.650. The molecule has 1 N–H and O–H groups in total. The summed E-state index contributed by atoms with van der Waals surface area (Å²) in [5.74, 6) is 0. The molecule has 0 saturated heterocycles. The fraction of sp³-hybridized carbons (Fsp3) is 0.786. The average Bonchev–Trinajstić information content (AvgIpc) is 2.81. The lowest BCUT2D eigenvalue weighted by molar-refractivity contribution is 0.0469. The molecule has 192 valence electrons. The lowest BCUT2D eigenvalue weighted by Gasteiger charge is -2.10. The van der Waals surface area contributed by atoms with Crippen LogP contribution in [0.25, 0.3) is 0 Å². The summed E-state index contributed by atoms with van der Waals surface area (Å²) < 4.78 is 16.7. The smallest absolute Gasteiger partial charge is 0.0701 e. The zero-order chi connectivity index (χ0) is 24.9. The molecule has 0 aromatic carbocycles. The first-order valence-corrected chi connectivity index (χ1v) is 13.0. The molecule has 0 bridgehead atoms.